The number of rotatable bonds is 2. The molecule has 0 aromatic carbocycles. The Morgan fingerprint density at radius 1 is 1.36 bits per heavy atom. The molecule has 0 amide bonds. The van der Waals surface area contributed by atoms with E-state index in [4.69, 9.17) is 0 Å². The Hall–Kier alpha value is -1.05. The van der Waals surface area contributed by atoms with E-state index in [1.54, 1.807) is 0 Å². The van der Waals surface area contributed by atoms with Gasteiger partial charge in [-0.15, -0.1) is 0 Å². The summed E-state index contributed by atoms with van der Waals surface area (Å²) in [6, 6.07) is 4.15. The molecule has 0 spiro atoms. The predicted molar refractivity (Wildman–Crippen MR) is 47.9 cm³/mol. The summed E-state index contributed by atoms with van der Waals surface area (Å²) in [6.45, 7) is 2.13. The first kappa shape index (κ1) is 8.05. The van der Waals surface area contributed by atoms with Crippen molar-refractivity contribution in [3.05, 3.63) is 23.9 Å². The van der Waals surface area contributed by atoms with Crippen molar-refractivity contribution in [2.75, 3.05) is 19.0 Å². The van der Waals surface area contributed by atoms with Gasteiger partial charge in [0.15, 0.2) is 0 Å². The molecule has 0 atom stereocenters. The summed E-state index contributed by atoms with van der Waals surface area (Å²) in [5.41, 5.74) is 1.29. The number of nitrogens with zero attached hydrogens (tertiary/aromatic N) is 2. The van der Waals surface area contributed by atoms with E-state index in [-0.39, 0.29) is 0 Å². The smallest absolute Gasteiger partial charge is 0.127 e. The van der Waals surface area contributed by atoms with Gasteiger partial charge in [-0.1, -0.05) is 13.0 Å². The lowest BCUT2D eigenvalue weighted by Crippen LogP contribution is -2.10. The lowest BCUT2D eigenvalue weighted by atomic mass is 10.2. The minimum atomic E-state index is 1.02. The Labute approximate surface area is 67.9 Å². The molecule has 60 valence electrons. The van der Waals surface area contributed by atoms with Crippen LogP contribution in [0.25, 0.3) is 0 Å². The van der Waals surface area contributed by atoms with E-state index in [2.05, 4.69) is 18.0 Å². The van der Waals surface area contributed by atoms with Crippen LogP contribution in [0.2, 0.25) is 0 Å². The number of anilines is 1. The molecule has 0 saturated heterocycles. The molecule has 0 aliphatic carbocycles. The zero-order chi connectivity index (χ0) is 8.27. The molecule has 1 aromatic rings. The Bertz CT molecular complexity index is 214. The standard InChI is InChI=1S/C9H14N2/c1-4-8-5-6-9(10-7-8)11(2)3/h5-7H,4H2,1-3H3. The van der Waals surface area contributed by atoms with E-state index in [0.717, 1.165) is 12.2 Å². The topological polar surface area (TPSA) is 16.1 Å². The van der Waals surface area contributed by atoms with Gasteiger partial charge in [-0.25, -0.2) is 4.98 Å². The van der Waals surface area contributed by atoms with E-state index in [0.29, 0.717) is 0 Å². The van der Waals surface area contributed by atoms with Crippen LogP contribution in [0.5, 0.6) is 0 Å². The van der Waals surface area contributed by atoms with Crippen LogP contribution >= 0.6 is 0 Å². The molecule has 0 saturated carbocycles. The third kappa shape index (κ3) is 1.93. The Morgan fingerprint density at radius 3 is 2.45 bits per heavy atom. The first-order chi connectivity index (χ1) is 5.24. The van der Waals surface area contributed by atoms with E-state index in [1.807, 2.05) is 31.3 Å². The predicted octanol–water partition coefficient (Wildman–Crippen LogP) is 1.71. The molecule has 0 unspecified atom stereocenters. The molecule has 0 aliphatic heterocycles. The number of aryl methyl sites for hydroxylation is 1. The van der Waals surface area contributed by atoms with Gasteiger partial charge in [0.2, 0.25) is 0 Å². The largest absolute Gasteiger partial charge is 0.363 e. The average Bonchev–Trinajstić information content (AvgIpc) is 2.05. The highest BCUT2D eigenvalue weighted by atomic mass is 15.1. The zero-order valence-electron chi connectivity index (χ0n) is 7.33. The maximum atomic E-state index is 4.27. The molecule has 2 heteroatoms. The maximum absolute atomic E-state index is 4.27. The normalized spacial score (nSPS) is 9.73. The highest BCUT2D eigenvalue weighted by Crippen LogP contribution is 2.07. The highest BCUT2D eigenvalue weighted by molar-refractivity contribution is 5.36. The maximum Gasteiger partial charge on any atom is 0.127 e. The molecule has 0 fully saturated rings. The van der Waals surface area contributed by atoms with Gasteiger partial charge in [0.05, 0.1) is 0 Å². The van der Waals surface area contributed by atoms with Gasteiger partial charge in [-0.3, -0.25) is 0 Å². The first-order valence-corrected chi connectivity index (χ1v) is 3.86. The molecule has 1 rings (SSSR count). The van der Waals surface area contributed by atoms with Gasteiger partial charge in [0, 0.05) is 20.3 Å². The second-order valence-corrected chi connectivity index (χ2v) is 2.77. The fourth-order valence-corrected chi connectivity index (χ4v) is 0.890. The van der Waals surface area contributed by atoms with Crippen LogP contribution in [-0.2, 0) is 6.42 Å². The van der Waals surface area contributed by atoms with E-state index in [9.17, 15) is 0 Å². The Morgan fingerprint density at radius 2 is 2.09 bits per heavy atom. The van der Waals surface area contributed by atoms with Crippen molar-refractivity contribution in [2.24, 2.45) is 0 Å². The van der Waals surface area contributed by atoms with Crippen molar-refractivity contribution >= 4 is 5.82 Å². The van der Waals surface area contributed by atoms with Crippen LogP contribution in [0.15, 0.2) is 18.3 Å². The van der Waals surface area contributed by atoms with E-state index in [1.165, 1.54) is 5.56 Å². The summed E-state index contributed by atoms with van der Waals surface area (Å²) in [5, 5.41) is 0. The number of hydrogen-bond donors (Lipinski definition) is 0. The molecule has 2 nitrogen and oxygen atoms in total. The second kappa shape index (κ2) is 3.37. The lowest BCUT2D eigenvalue weighted by Gasteiger charge is -2.10. The summed E-state index contributed by atoms with van der Waals surface area (Å²) in [5.74, 6) is 1.02. The van der Waals surface area contributed by atoms with Crippen molar-refractivity contribution in [1.29, 1.82) is 0 Å². The van der Waals surface area contributed by atoms with Crippen molar-refractivity contribution in [1.82, 2.24) is 4.98 Å². The fraction of sp³-hybridized carbons (Fsp3) is 0.444. The monoisotopic (exact) mass is 150 g/mol. The molecule has 0 N–H and O–H groups in total. The quantitative estimate of drug-likeness (QED) is 0.638. The van der Waals surface area contributed by atoms with Crippen molar-refractivity contribution in [3.8, 4) is 0 Å². The van der Waals surface area contributed by atoms with Crippen LogP contribution in [0.3, 0.4) is 0 Å². The van der Waals surface area contributed by atoms with Crippen LogP contribution in [0.4, 0.5) is 5.82 Å². The van der Waals surface area contributed by atoms with Crippen LogP contribution in [0.1, 0.15) is 12.5 Å². The molecular weight excluding hydrogens is 136 g/mol. The second-order valence-electron chi connectivity index (χ2n) is 2.77. The number of aromatic nitrogens is 1. The average molecular weight is 150 g/mol. The molecule has 0 radical (unpaired) electrons. The summed E-state index contributed by atoms with van der Waals surface area (Å²) in [6.07, 6.45) is 2.98. The Balaban J connectivity index is 2.83. The van der Waals surface area contributed by atoms with Crippen LogP contribution in [-0.4, -0.2) is 19.1 Å². The lowest BCUT2D eigenvalue weighted by molar-refractivity contribution is 1.04. The molecule has 1 aromatic heterocycles. The summed E-state index contributed by atoms with van der Waals surface area (Å²) in [4.78, 5) is 6.27. The van der Waals surface area contributed by atoms with Crippen molar-refractivity contribution < 1.29 is 0 Å². The molecule has 11 heavy (non-hydrogen) atoms. The van der Waals surface area contributed by atoms with Crippen LogP contribution in [0, 0.1) is 0 Å². The fourth-order valence-electron chi connectivity index (χ4n) is 0.890. The van der Waals surface area contributed by atoms with E-state index < -0.39 is 0 Å². The van der Waals surface area contributed by atoms with Crippen LogP contribution < -0.4 is 4.90 Å². The van der Waals surface area contributed by atoms with Gasteiger partial charge in [0.25, 0.3) is 0 Å². The third-order valence-electron chi connectivity index (χ3n) is 1.68. The molecule has 0 aliphatic rings. The summed E-state index contributed by atoms with van der Waals surface area (Å²) < 4.78 is 0. The van der Waals surface area contributed by atoms with Crippen molar-refractivity contribution in [2.45, 2.75) is 13.3 Å². The highest BCUT2D eigenvalue weighted by Gasteiger charge is 1.94. The van der Waals surface area contributed by atoms with Gasteiger partial charge >= 0.3 is 0 Å². The first-order valence-electron chi connectivity index (χ1n) is 3.86. The summed E-state index contributed by atoms with van der Waals surface area (Å²) >= 11 is 0. The molecule has 1 heterocycles. The summed E-state index contributed by atoms with van der Waals surface area (Å²) in [7, 11) is 3.99. The van der Waals surface area contributed by atoms with E-state index >= 15 is 0 Å². The van der Waals surface area contributed by atoms with Crippen molar-refractivity contribution in [3.63, 3.8) is 0 Å². The molecule has 0 bridgehead atoms. The SMILES string of the molecule is CCc1ccc(N(C)C)nc1. The minimum absolute atomic E-state index is 1.02. The third-order valence-corrected chi connectivity index (χ3v) is 1.68. The Kier molecular flexibility index (Phi) is 2.47. The zero-order valence-corrected chi connectivity index (χ0v) is 7.33. The number of pyridine rings is 1. The van der Waals surface area contributed by atoms with Gasteiger partial charge < -0.3 is 4.90 Å². The van der Waals surface area contributed by atoms with Gasteiger partial charge in [0.1, 0.15) is 5.82 Å². The minimum Gasteiger partial charge on any atom is -0.363 e. The molecular formula is C9H14N2. The van der Waals surface area contributed by atoms with Gasteiger partial charge in [-0.05, 0) is 18.1 Å². The van der Waals surface area contributed by atoms with Gasteiger partial charge in [-0.2, -0.15) is 0 Å². The number of hydrogen-bond acceptors (Lipinski definition) is 2.